The summed E-state index contributed by atoms with van der Waals surface area (Å²) in [5.41, 5.74) is 6.30. The van der Waals surface area contributed by atoms with Crippen molar-refractivity contribution in [3.63, 3.8) is 0 Å². The van der Waals surface area contributed by atoms with E-state index in [2.05, 4.69) is 0 Å². The van der Waals surface area contributed by atoms with Gasteiger partial charge in [0.15, 0.2) is 0 Å². The molecular weight excluding hydrogens is 226 g/mol. The van der Waals surface area contributed by atoms with Gasteiger partial charge in [0.05, 0.1) is 12.0 Å². The molecule has 0 spiro atoms. The van der Waals surface area contributed by atoms with E-state index < -0.39 is 15.9 Å². The van der Waals surface area contributed by atoms with Crippen LogP contribution in [0.3, 0.4) is 0 Å². The third-order valence-corrected chi connectivity index (χ3v) is 4.64. The van der Waals surface area contributed by atoms with Crippen molar-refractivity contribution in [2.45, 2.75) is 17.9 Å². The van der Waals surface area contributed by atoms with Crippen molar-refractivity contribution < 1.29 is 13.2 Å². The fourth-order valence-electron chi connectivity index (χ4n) is 1.82. The Kier molecular flexibility index (Phi) is 2.52. The minimum atomic E-state index is -3.48. The zero-order valence-electron chi connectivity index (χ0n) is 9.10. The maximum Gasteiger partial charge on any atom is 0.208 e. The molecule has 0 fully saturated rings. The van der Waals surface area contributed by atoms with Crippen LogP contribution >= 0.6 is 0 Å². The van der Waals surface area contributed by atoms with Crippen LogP contribution in [-0.2, 0) is 9.84 Å². The molecule has 1 unspecified atom stereocenters. The first kappa shape index (κ1) is 11.2. The molecule has 5 heteroatoms. The second-order valence-corrected chi connectivity index (χ2v) is 5.60. The summed E-state index contributed by atoms with van der Waals surface area (Å²) in [5, 5.41) is 0. The maximum absolute atomic E-state index is 12.2. The van der Waals surface area contributed by atoms with Gasteiger partial charge in [0.1, 0.15) is 10.6 Å². The van der Waals surface area contributed by atoms with Crippen molar-refractivity contribution in [3.05, 3.63) is 28.7 Å². The Morgan fingerprint density at radius 1 is 1.38 bits per heavy atom. The van der Waals surface area contributed by atoms with Crippen LogP contribution in [0.1, 0.15) is 12.5 Å². The lowest BCUT2D eigenvalue weighted by molar-refractivity contribution is 0.403. The van der Waals surface area contributed by atoms with Crippen molar-refractivity contribution in [2.24, 2.45) is 5.73 Å². The normalized spacial score (nSPS) is 18.8. The maximum atomic E-state index is 12.2. The molecule has 86 valence electrons. The Morgan fingerprint density at radius 3 is 2.62 bits per heavy atom. The van der Waals surface area contributed by atoms with Crippen LogP contribution in [-0.4, -0.2) is 21.6 Å². The molecule has 16 heavy (non-hydrogen) atoms. The number of sulfone groups is 1. The van der Waals surface area contributed by atoms with Crippen LogP contribution in [0.4, 0.5) is 0 Å². The largest absolute Gasteiger partial charge is 0.495 e. The quantitative estimate of drug-likeness (QED) is 0.841. The summed E-state index contributed by atoms with van der Waals surface area (Å²) >= 11 is 0. The highest BCUT2D eigenvalue weighted by molar-refractivity contribution is 7.96. The molecule has 0 saturated heterocycles. The molecule has 1 aromatic carbocycles. The summed E-state index contributed by atoms with van der Waals surface area (Å²) in [6.07, 6.45) is 1.61. The molecule has 1 aliphatic heterocycles. The molecule has 0 saturated carbocycles. The second-order valence-electron chi connectivity index (χ2n) is 3.72. The van der Waals surface area contributed by atoms with Crippen molar-refractivity contribution in [3.8, 4) is 5.75 Å². The molecule has 1 atom stereocenters. The topological polar surface area (TPSA) is 69.4 Å². The summed E-state index contributed by atoms with van der Waals surface area (Å²) in [5.74, 6) is 0.365. The standard InChI is InChI=1S/C11H13NO3S/c1-7(12)10-6-8-4-3-5-9(15-2)11(8)16(10,13)14/h3-7H,12H2,1-2H3. The van der Waals surface area contributed by atoms with Gasteiger partial charge in [0, 0.05) is 6.04 Å². The zero-order valence-corrected chi connectivity index (χ0v) is 9.91. The highest BCUT2D eigenvalue weighted by atomic mass is 32.2. The van der Waals surface area contributed by atoms with Gasteiger partial charge in [-0.2, -0.15) is 0 Å². The highest BCUT2D eigenvalue weighted by Crippen LogP contribution is 2.39. The fourth-order valence-corrected chi connectivity index (χ4v) is 3.68. The molecule has 4 nitrogen and oxygen atoms in total. The highest BCUT2D eigenvalue weighted by Gasteiger charge is 2.34. The van der Waals surface area contributed by atoms with Crippen molar-refractivity contribution in [1.82, 2.24) is 0 Å². The van der Waals surface area contributed by atoms with E-state index in [4.69, 9.17) is 10.5 Å². The van der Waals surface area contributed by atoms with E-state index in [1.807, 2.05) is 0 Å². The fraction of sp³-hybridized carbons (Fsp3) is 0.273. The molecule has 0 aromatic heterocycles. The molecule has 0 radical (unpaired) electrons. The van der Waals surface area contributed by atoms with E-state index in [0.29, 0.717) is 11.3 Å². The van der Waals surface area contributed by atoms with E-state index in [-0.39, 0.29) is 9.80 Å². The third kappa shape index (κ3) is 1.44. The molecule has 1 aliphatic rings. The predicted octanol–water partition coefficient (Wildman–Crippen LogP) is 1.17. The Morgan fingerprint density at radius 2 is 2.06 bits per heavy atom. The summed E-state index contributed by atoms with van der Waals surface area (Å²) < 4.78 is 29.4. The van der Waals surface area contributed by atoms with Crippen LogP contribution in [0, 0.1) is 0 Å². The van der Waals surface area contributed by atoms with E-state index in [0.717, 1.165) is 0 Å². The van der Waals surface area contributed by atoms with E-state index >= 15 is 0 Å². The molecule has 0 aliphatic carbocycles. The van der Waals surface area contributed by atoms with E-state index in [9.17, 15) is 8.42 Å². The minimum absolute atomic E-state index is 0.227. The Bertz CT molecular complexity index is 559. The van der Waals surface area contributed by atoms with Crippen LogP contribution in [0.15, 0.2) is 28.0 Å². The van der Waals surface area contributed by atoms with Crippen molar-refractivity contribution >= 4 is 15.9 Å². The lowest BCUT2D eigenvalue weighted by Gasteiger charge is -2.09. The Balaban J connectivity index is 2.71. The zero-order chi connectivity index (χ0) is 11.9. The van der Waals surface area contributed by atoms with Gasteiger partial charge in [-0.05, 0) is 24.6 Å². The van der Waals surface area contributed by atoms with Crippen LogP contribution < -0.4 is 10.5 Å². The van der Waals surface area contributed by atoms with Gasteiger partial charge in [-0.3, -0.25) is 0 Å². The summed E-state index contributed by atoms with van der Waals surface area (Å²) in [6, 6.07) is 4.62. The molecule has 1 heterocycles. The average molecular weight is 239 g/mol. The van der Waals surface area contributed by atoms with Gasteiger partial charge < -0.3 is 10.5 Å². The smallest absolute Gasteiger partial charge is 0.208 e. The lowest BCUT2D eigenvalue weighted by Crippen LogP contribution is -2.22. The van der Waals surface area contributed by atoms with Crippen LogP contribution in [0.25, 0.3) is 6.08 Å². The van der Waals surface area contributed by atoms with E-state index in [1.165, 1.54) is 7.11 Å². The Labute approximate surface area is 94.6 Å². The molecule has 0 amide bonds. The van der Waals surface area contributed by atoms with Gasteiger partial charge in [-0.1, -0.05) is 12.1 Å². The first-order chi connectivity index (χ1) is 7.48. The number of ether oxygens (including phenoxy) is 1. The second kappa shape index (κ2) is 3.61. The predicted molar refractivity (Wildman–Crippen MR) is 61.8 cm³/mol. The van der Waals surface area contributed by atoms with Crippen LogP contribution in [0.5, 0.6) is 5.75 Å². The minimum Gasteiger partial charge on any atom is -0.495 e. The number of benzene rings is 1. The number of methoxy groups -OCH3 is 1. The number of fused-ring (bicyclic) bond motifs is 1. The van der Waals surface area contributed by atoms with Gasteiger partial charge in [0.25, 0.3) is 0 Å². The average Bonchev–Trinajstić information content (AvgIpc) is 2.51. The number of hydrogen-bond donors (Lipinski definition) is 1. The molecule has 1 aromatic rings. The van der Waals surface area contributed by atoms with Gasteiger partial charge in [-0.15, -0.1) is 0 Å². The lowest BCUT2D eigenvalue weighted by atomic mass is 10.2. The molecular formula is C11H13NO3S. The summed E-state index contributed by atoms with van der Waals surface area (Å²) in [7, 11) is -2.02. The molecule has 0 bridgehead atoms. The number of nitrogens with two attached hydrogens (primary N) is 1. The first-order valence-corrected chi connectivity index (χ1v) is 6.36. The third-order valence-electron chi connectivity index (χ3n) is 2.55. The summed E-state index contributed by atoms with van der Waals surface area (Å²) in [4.78, 5) is 0.469. The molecule has 2 rings (SSSR count). The SMILES string of the molecule is COc1cccc2c1S(=O)(=O)C(C(C)N)=C2. The van der Waals surface area contributed by atoms with Gasteiger partial charge >= 0.3 is 0 Å². The first-order valence-electron chi connectivity index (χ1n) is 4.87. The van der Waals surface area contributed by atoms with Crippen molar-refractivity contribution in [2.75, 3.05) is 7.11 Å². The number of hydrogen-bond acceptors (Lipinski definition) is 4. The van der Waals surface area contributed by atoms with Crippen LogP contribution in [0.2, 0.25) is 0 Å². The molecule has 2 N–H and O–H groups in total. The van der Waals surface area contributed by atoms with Crippen molar-refractivity contribution in [1.29, 1.82) is 0 Å². The Hall–Kier alpha value is -1.33. The summed E-state index contributed by atoms with van der Waals surface area (Å²) in [6.45, 7) is 1.65. The van der Waals surface area contributed by atoms with Gasteiger partial charge in [0.2, 0.25) is 9.84 Å². The monoisotopic (exact) mass is 239 g/mol. The van der Waals surface area contributed by atoms with Gasteiger partial charge in [-0.25, -0.2) is 8.42 Å². The van der Waals surface area contributed by atoms with E-state index in [1.54, 1.807) is 31.2 Å². The number of rotatable bonds is 2.